The zero-order valence-corrected chi connectivity index (χ0v) is 10.3. The van der Waals surface area contributed by atoms with E-state index < -0.39 is 0 Å². The van der Waals surface area contributed by atoms with Crippen molar-refractivity contribution in [2.75, 3.05) is 7.11 Å². The minimum Gasteiger partial charge on any atom is -0.378 e. The number of carbonyl (C=O) groups is 1. The van der Waals surface area contributed by atoms with Crippen molar-refractivity contribution in [3.05, 3.63) is 29.0 Å². The topological polar surface area (TPSA) is 65.0 Å². The molecule has 0 amide bonds. The van der Waals surface area contributed by atoms with E-state index in [1.807, 2.05) is 12.1 Å². The third kappa shape index (κ3) is 2.72. The SMILES string of the molecule is COCc1cc(-c2nsc(C(C)=O)n2)ccn1. The van der Waals surface area contributed by atoms with Crippen molar-refractivity contribution >= 4 is 17.3 Å². The summed E-state index contributed by atoms with van der Waals surface area (Å²) < 4.78 is 9.16. The molecule has 0 aliphatic carbocycles. The highest BCUT2D eigenvalue weighted by molar-refractivity contribution is 7.07. The molecule has 0 saturated carbocycles. The molecule has 2 heterocycles. The van der Waals surface area contributed by atoms with E-state index >= 15 is 0 Å². The van der Waals surface area contributed by atoms with Crippen molar-refractivity contribution < 1.29 is 9.53 Å². The molecular formula is C11H11N3O2S. The van der Waals surface area contributed by atoms with Gasteiger partial charge in [0.1, 0.15) is 0 Å². The van der Waals surface area contributed by atoms with Crippen molar-refractivity contribution in [2.24, 2.45) is 0 Å². The lowest BCUT2D eigenvalue weighted by molar-refractivity contribution is 0.101. The number of hydrogen-bond donors (Lipinski definition) is 0. The van der Waals surface area contributed by atoms with E-state index in [0.717, 1.165) is 22.8 Å². The van der Waals surface area contributed by atoms with Gasteiger partial charge in [-0.1, -0.05) is 0 Å². The Morgan fingerprint density at radius 3 is 3.00 bits per heavy atom. The number of Topliss-reactive ketones (excluding diaryl/α,β-unsaturated/α-hetero) is 1. The molecule has 0 spiro atoms. The molecule has 88 valence electrons. The van der Waals surface area contributed by atoms with E-state index in [-0.39, 0.29) is 5.78 Å². The maximum Gasteiger partial charge on any atom is 0.189 e. The Labute approximate surface area is 103 Å². The first-order valence-corrected chi connectivity index (χ1v) is 5.77. The number of methoxy groups -OCH3 is 1. The minimum absolute atomic E-state index is 0.0695. The molecule has 6 heteroatoms. The Bertz CT molecular complexity index is 539. The van der Waals surface area contributed by atoms with E-state index in [0.29, 0.717) is 17.4 Å². The van der Waals surface area contributed by atoms with Crippen LogP contribution in [0, 0.1) is 0 Å². The summed E-state index contributed by atoms with van der Waals surface area (Å²) in [6, 6.07) is 3.67. The molecule has 0 bridgehead atoms. The molecule has 5 nitrogen and oxygen atoms in total. The number of ether oxygens (including phenoxy) is 1. The van der Waals surface area contributed by atoms with Gasteiger partial charge in [0.25, 0.3) is 0 Å². The normalized spacial score (nSPS) is 10.5. The van der Waals surface area contributed by atoms with Gasteiger partial charge in [0.05, 0.1) is 12.3 Å². The van der Waals surface area contributed by atoms with Gasteiger partial charge in [-0.2, -0.15) is 4.37 Å². The molecule has 0 saturated heterocycles. The van der Waals surface area contributed by atoms with Crippen LogP contribution in [-0.4, -0.2) is 27.2 Å². The molecule has 0 unspecified atom stereocenters. The highest BCUT2D eigenvalue weighted by Gasteiger charge is 2.10. The van der Waals surface area contributed by atoms with Gasteiger partial charge >= 0.3 is 0 Å². The third-order valence-electron chi connectivity index (χ3n) is 2.09. The number of pyridine rings is 1. The van der Waals surface area contributed by atoms with Gasteiger partial charge in [0.15, 0.2) is 16.6 Å². The summed E-state index contributed by atoms with van der Waals surface area (Å²) >= 11 is 1.11. The largest absolute Gasteiger partial charge is 0.378 e. The fourth-order valence-electron chi connectivity index (χ4n) is 1.33. The highest BCUT2D eigenvalue weighted by atomic mass is 32.1. The Morgan fingerprint density at radius 1 is 1.53 bits per heavy atom. The van der Waals surface area contributed by atoms with Crippen molar-refractivity contribution in [1.82, 2.24) is 14.3 Å². The van der Waals surface area contributed by atoms with E-state index in [2.05, 4.69) is 14.3 Å². The fourth-order valence-corrected chi connectivity index (χ4v) is 1.90. The first-order chi connectivity index (χ1) is 8.20. The standard InChI is InChI=1S/C11H11N3O2S/c1-7(15)11-13-10(14-17-11)8-3-4-12-9(5-8)6-16-2/h3-5H,6H2,1-2H3. The molecule has 17 heavy (non-hydrogen) atoms. The lowest BCUT2D eigenvalue weighted by Crippen LogP contribution is -1.93. The van der Waals surface area contributed by atoms with Gasteiger partial charge in [-0.3, -0.25) is 9.78 Å². The van der Waals surface area contributed by atoms with Crippen molar-refractivity contribution in [1.29, 1.82) is 0 Å². The molecule has 0 atom stereocenters. The second-order valence-corrected chi connectivity index (χ2v) is 4.20. The van der Waals surface area contributed by atoms with E-state index in [1.54, 1.807) is 13.3 Å². The van der Waals surface area contributed by atoms with E-state index in [4.69, 9.17) is 4.74 Å². The highest BCUT2D eigenvalue weighted by Crippen LogP contribution is 2.18. The van der Waals surface area contributed by atoms with Crippen LogP contribution in [0.1, 0.15) is 22.4 Å². The van der Waals surface area contributed by atoms with Crippen LogP contribution in [0.5, 0.6) is 0 Å². The van der Waals surface area contributed by atoms with Gasteiger partial charge in [-0.25, -0.2) is 4.98 Å². The van der Waals surface area contributed by atoms with Crippen LogP contribution in [0.2, 0.25) is 0 Å². The Balaban J connectivity index is 2.31. The van der Waals surface area contributed by atoms with Gasteiger partial charge in [-0.15, -0.1) is 0 Å². The van der Waals surface area contributed by atoms with E-state index in [1.165, 1.54) is 6.92 Å². The first-order valence-electron chi connectivity index (χ1n) is 4.99. The molecule has 2 aromatic rings. The van der Waals surface area contributed by atoms with Crippen LogP contribution in [0.3, 0.4) is 0 Å². The molecular weight excluding hydrogens is 238 g/mol. The Morgan fingerprint density at radius 2 is 2.35 bits per heavy atom. The van der Waals surface area contributed by atoms with Crippen LogP contribution in [0.15, 0.2) is 18.3 Å². The summed E-state index contributed by atoms with van der Waals surface area (Å²) in [6.07, 6.45) is 1.68. The van der Waals surface area contributed by atoms with Crippen LogP contribution >= 0.6 is 11.5 Å². The smallest absolute Gasteiger partial charge is 0.189 e. The second kappa shape index (κ2) is 5.11. The first kappa shape index (κ1) is 11.8. The summed E-state index contributed by atoms with van der Waals surface area (Å²) in [6.45, 7) is 1.92. The molecule has 2 rings (SSSR count). The minimum atomic E-state index is -0.0695. The third-order valence-corrected chi connectivity index (χ3v) is 2.91. The van der Waals surface area contributed by atoms with Gasteiger partial charge in [-0.05, 0) is 23.7 Å². The number of carbonyl (C=O) groups excluding carboxylic acids is 1. The van der Waals surface area contributed by atoms with Crippen LogP contribution < -0.4 is 0 Å². The zero-order valence-electron chi connectivity index (χ0n) is 9.51. The van der Waals surface area contributed by atoms with Crippen molar-refractivity contribution in [2.45, 2.75) is 13.5 Å². The summed E-state index contributed by atoms with van der Waals surface area (Å²) in [4.78, 5) is 19.5. The van der Waals surface area contributed by atoms with E-state index in [9.17, 15) is 4.79 Å². The van der Waals surface area contributed by atoms with Gasteiger partial charge in [0.2, 0.25) is 0 Å². The average Bonchev–Trinajstić information content (AvgIpc) is 2.79. The number of rotatable bonds is 4. The van der Waals surface area contributed by atoms with Gasteiger partial charge < -0.3 is 4.74 Å². The maximum atomic E-state index is 11.1. The molecule has 0 aromatic carbocycles. The lowest BCUT2D eigenvalue weighted by Gasteiger charge is -2.00. The zero-order chi connectivity index (χ0) is 12.3. The number of hydrogen-bond acceptors (Lipinski definition) is 6. The summed E-state index contributed by atoms with van der Waals surface area (Å²) in [5.41, 5.74) is 1.65. The summed E-state index contributed by atoms with van der Waals surface area (Å²) in [7, 11) is 1.61. The lowest BCUT2D eigenvalue weighted by atomic mass is 10.2. The van der Waals surface area contributed by atoms with Crippen molar-refractivity contribution in [3.63, 3.8) is 0 Å². The molecule has 0 radical (unpaired) electrons. The van der Waals surface area contributed by atoms with Crippen LogP contribution in [-0.2, 0) is 11.3 Å². The predicted molar refractivity (Wildman–Crippen MR) is 63.9 cm³/mol. The Hall–Kier alpha value is -1.66. The average molecular weight is 249 g/mol. The fraction of sp³-hybridized carbons (Fsp3) is 0.273. The number of aromatic nitrogens is 3. The number of nitrogens with zero attached hydrogens (tertiary/aromatic N) is 3. The molecule has 0 fully saturated rings. The maximum absolute atomic E-state index is 11.1. The van der Waals surface area contributed by atoms with Crippen LogP contribution in [0.4, 0.5) is 0 Å². The van der Waals surface area contributed by atoms with Gasteiger partial charge in [0, 0.05) is 25.8 Å². The number of ketones is 1. The second-order valence-electron chi connectivity index (χ2n) is 3.45. The monoisotopic (exact) mass is 249 g/mol. The molecule has 2 aromatic heterocycles. The summed E-state index contributed by atoms with van der Waals surface area (Å²) in [5.74, 6) is 0.486. The molecule has 0 N–H and O–H groups in total. The van der Waals surface area contributed by atoms with Crippen LogP contribution in [0.25, 0.3) is 11.4 Å². The molecule has 0 aliphatic heterocycles. The summed E-state index contributed by atoms with van der Waals surface area (Å²) in [5, 5.41) is 0.421. The predicted octanol–water partition coefficient (Wildman–Crippen LogP) is 1.95. The molecule has 0 aliphatic rings. The van der Waals surface area contributed by atoms with Crippen molar-refractivity contribution in [3.8, 4) is 11.4 Å². The Kier molecular flexibility index (Phi) is 3.55. The quantitative estimate of drug-likeness (QED) is 0.775.